The van der Waals surface area contributed by atoms with Crippen molar-refractivity contribution in [3.05, 3.63) is 48.1 Å². The quantitative estimate of drug-likeness (QED) is 0.513. The lowest BCUT2D eigenvalue weighted by molar-refractivity contribution is -0.120. The van der Waals surface area contributed by atoms with Gasteiger partial charge in [0.1, 0.15) is 6.04 Å². The molecule has 0 spiro atoms. The van der Waals surface area contributed by atoms with Crippen LogP contribution in [0.2, 0.25) is 0 Å². The summed E-state index contributed by atoms with van der Waals surface area (Å²) in [5.74, 6) is -3.90. The van der Waals surface area contributed by atoms with Crippen LogP contribution in [0.15, 0.2) is 30.9 Å². The van der Waals surface area contributed by atoms with Gasteiger partial charge in [-0.1, -0.05) is 31.4 Å². The fourth-order valence-electron chi connectivity index (χ4n) is 2.19. The van der Waals surface area contributed by atoms with Crippen molar-refractivity contribution in [1.29, 1.82) is 0 Å². The van der Waals surface area contributed by atoms with E-state index in [9.17, 15) is 18.4 Å². The van der Waals surface area contributed by atoms with Crippen LogP contribution in [0.3, 0.4) is 0 Å². The highest BCUT2D eigenvalue weighted by atomic mass is 19.2. The number of unbranched alkanes of at least 4 members (excludes halogenated alkanes) is 4. The van der Waals surface area contributed by atoms with Gasteiger partial charge < -0.3 is 11.1 Å². The summed E-state index contributed by atoms with van der Waals surface area (Å²) in [5.41, 5.74) is 4.82. The summed E-state index contributed by atoms with van der Waals surface area (Å²) < 4.78 is 26.7. The van der Waals surface area contributed by atoms with Crippen LogP contribution in [-0.4, -0.2) is 17.9 Å². The Morgan fingerprint density at radius 1 is 1.22 bits per heavy atom. The van der Waals surface area contributed by atoms with E-state index < -0.39 is 35.1 Å². The van der Waals surface area contributed by atoms with Gasteiger partial charge in [-0.2, -0.15) is 0 Å². The second-order valence-electron chi connectivity index (χ2n) is 5.31. The summed E-state index contributed by atoms with van der Waals surface area (Å²) in [6.45, 7) is 3.64. The van der Waals surface area contributed by atoms with E-state index in [2.05, 4.69) is 11.9 Å². The van der Waals surface area contributed by atoms with Gasteiger partial charge in [0.2, 0.25) is 5.91 Å². The molecule has 0 fully saturated rings. The Labute approximate surface area is 134 Å². The first kappa shape index (κ1) is 18.8. The average molecular weight is 324 g/mol. The van der Waals surface area contributed by atoms with Gasteiger partial charge in [-0.25, -0.2) is 8.78 Å². The standard InChI is InChI=1S/C17H22F2N2O2/c1-2-3-4-5-6-7-11-14(16(20)22)21-17(23)12-9-8-10-13(18)15(12)19/h2,8-10,14H,1,3-7,11H2,(H2,20,22)(H,21,23)/t14-/m1/s1. The zero-order valence-electron chi connectivity index (χ0n) is 13.0. The van der Waals surface area contributed by atoms with E-state index >= 15 is 0 Å². The van der Waals surface area contributed by atoms with Crippen LogP contribution in [0.25, 0.3) is 0 Å². The van der Waals surface area contributed by atoms with E-state index in [0.717, 1.165) is 37.8 Å². The third kappa shape index (κ3) is 6.18. The molecule has 2 amide bonds. The monoisotopic (exact) mass is 324 g/mol. The van der Waals surface area contributed by atoms with Gasteiger partial charge in [0.05, 0.1) is 5.56 Å². The van der Waals surface area contributed by atoms with Crippen LogP contribution in [0.1, 0.15) is 48.9 Å². The largest absolute Gasteiger partial charge is 0.368 e. The van der Waals surface area contributed by atoms with Gasteiger partial charge in [0, 0.05) is 0 Å². The van der Waals surface area contributed by atoms with Gasteiger partial charge in [-0.05, 0) is 31.4 Å². The van der Waals surface area contributed by atoms with Crippen LogP contribution >= 0.6 is 0 Å². The smallest absolute Gasteiger partial charge is 0.255 e. The topological polar surface area (TPSA) is 72.2 Å². The number of nitrogens with one attached hydrogen (secondary N) is 1. The van der Waals surface area contributed by atoms with Crippen LogP contribution in [-0.2, 0) is 4.79 Å². The zero-order valence-corrected chi connectivity index (χ0v) is 13.0. The van der Waals surface area contributed by atoms with E-state index in [0.29, 0.717) is 12.8 Å². The maximum absolute atomic E-state index is 13.6. The van der Waals surface area contributed by atoms with Crippen molar-refractivity contribution in [3.8, 4) is 0 Å². The maximum Gasteiger partial charge on any atom is 0.255 e. The normalized spacial score (nSPS) is 11.7. The number of allylic oxidation sites excluding steroid dienone is 1. The Morgan fingerprint density at radius 3 is 2.57 bits per heavy atom. The van der Waals surface area contributed by atoms with Crippen LogP contribution < -0.4 is 11.1 Å². The Morgan fingerprint density at radius 2 is 1.91 bits per heavy atom. The number of carbonyl (C=O) groups is 2. The third-order valence-electron chi connectivity index (χ3n) is 3.50. The number of nitrogens with two attached hydrogens (primary N) is 1. The fraction of sp³-hybridized carbons (Fsp3) is 0.412. The minimum Gasteiger partial charge on any atom is -0.368 e. The first-order chi connectivity index (χ1) is 11.0. The van der Waals surface area contributed by atoms with Crippen molar-refractivity contribution in [3.63, 3.8) is 0 Å². The molecule has 1 atom stereocenters. The van der Waals surface area contributed by atoms with Gasteiger partial charge in [-0.15, -0.1) is 6.58 Å². The van der Waals surface area contributed by atoms with Gasteiger partial charge in [-0.3, -0.25) is 9.59 Å². The lowest BCUT2D eigenvalue weighted by Gasteiger charge is -2.15. The predicted molar refractivity (Wildman–Crippen MR) is 84.7 cm³/mol. The number of benzene rings is 1. The van der Waals surface area contributed by atoms with E-state index in [-0.39, 0.29) is 0 Å². The Kier molecular flexibility index (Phi) is 7.94. The summed E-state index contributed by atoms with van der Waals surface area (Å²) in [5, 5.41) is 2.37. The summed E-state index contributed by atoms with van der Waals surface area (Å²) in [4.78, 5) is 23.4. The predicted octanol–water partition coefficient (Wildman–Crippen LogP) is 3.08. The lowest BCUT2D eigenvalue weighted by Crippen LogP contribution is -2.44. The molecule has 126 valence electrons. The lowest BCUT2D eigenvalue weighted by atomic mass is 10.0. The van der Waals surface area contributed by atoms with Gasteiger partial charge in [0.25, 0.3) is 5.91 Å². The maximum atomic E-state index is 13.6. The molecule has 0 unspecified atom stereocenters. The minimum atomic E-state index is -1.24. The number of amides is 2. The Balaban J connectivity index is 2.55. The number of carbonyl (C=O) groups excluding carboxylic acids is 2. The summed E-state index contributed by atoms with van der Waals surface area (Å²) >= 11 is 0. The molecule has 23 heavy (non-hydrogen) atoms. The number of halogens is 2. The first-order valence-corrected chi connectivity index (χ1v) is 7.62. The molecule has 0 radical (unpaired) electrons. The molecule has 0 bridgehead atoms. The highest BCUT2D eigenvalue weighted by molar-refractivity contribution is 5.97. The number of hydrogen-bond donors (Lipinski definition) is 2. The van der Waals surface area contributed by atoms with E-state index in [1.54, 1.807) is 0 Å². The number of hydrogen-bond acceptors (Lipinski definition) is 2. The zero-order chi connectivity index (χ0) is 17.2. The molecule has 1 rings (SSSR count). The molecule has 0 heterocycles. The summed E-state index contributed by atoms with van der Waals surface area (Å²) in [6, 6.07) is 2.40. The van der Waals surface area contributed by atoms with Crippen molar-refractivity contribution in [1.82, 2.24) is 5.32 Å². The van der Waals surface area contributed by atoms with Crippen molar-refractivity contribution >= 4 is 11.8 Å². The molecule has 0 aliphatic heterocycles. The molecule has 6 heteroatoms. The van der Waals surface area contributed by atoms with Crippen molar-refractivity contribution < 1.29 is 18.4 Å². The summed E-state index contributed by atoms with van der Waals surface area (Å²) in [7, 11) is 0. The van der Waals surface area contributed by atoms with Crippen molar-refractivity contribution in [2.75, 3.05) is 0 Å². The Hall–Kier alpha value is -2.24. The number of rotatable bonds is 10. The molecular formula is C17H22F2N2O2. The third-order valence-corrected chi connectivity index (χ3v) is 3.50. The highest BCUT2D eigenvalue weighted by Crippen LogP contribution is 2.13. The second kappa shape index (κ2) is 9.71. The van der Waals surface area contributed by atoms with Crippen LogP contribution in [0, 0.1) is 11.6 Å². The SMILES string of the molecule is C=CCCCCCC[C@@H](NC(=O)c1cccc(F)c1F)C(N)=O. The van der Waals surface area contributed by atoms with E-state index in [4.69, 9.17) is 5.73 Å². The molecule has 0 aromatic heterocycles. The van der Waals surface area contributed by atoms with Gasteiger partial charge in [0.15, 0.2) is 11.6 Å². The molecule has 0 aliphatic carbocycles. The molecule has 1 aromatic carbocycles. The van der Waals surface area contributed by atoms with Crippen LogP contribution in [0.4, 0.5) is 8.78 Å². The first-order valence-electron chi connectivity index (χ1n) is 7.62. The molecular weight excluding hydrogens is 302 g/mol. The van der Waals surface area contributed by atoms with Crippen molar-refractivity contribution in [2.45, 2.75) is 44.6 Å². The molecule has 3 N–H and O–H groups in total. The fourth-order valence-corrected chi connectivity index (χ4v) is 2.19. The average Bonchev–Trinajstić information content (AvgIpc) is 2.51. The summed E-state index contributed by atoms with van der Waals surface area (Å²) in [6.07, 6.45) is 6.76. The van der Waals surface area contributed by atoms with Gasteiger partial charge >= 0.3 is 0 Å². The van der Waals surface area contributed by atoms with Crippen molar-refractivity contribution in [2.24, 2.45) is 5.73 Å². The molecule has 0 saturated carbocycles. The highest BCUT2D eigenvalue weighted by Gasteiger charge is 2.21. The molecule has 1 aromatic rings. The Bertz CT molecular complexity index is 562. The van der Waals surface area contributed by atoms with E-state index in [1.807, 2.05) is 6.08 Å². The molecule has 4 nitrogen and oxygen atoms in total. The number of primary amides is 1. The molecule has 0 aliphatic rings. The van der Waals surface area contributed by atoms with E-state index in [1.165, 1.54) is 6.07 Å². The van der Waals surface area contributed by atoms with Crippen LogP contribution in [0.5, 0.6) is 0 Å². The minimum absolute atomic E-state index is 0.367. The molecule has 0 saturated heterocycles. The second-order valence-corrected chi connectivity index (χ2v) is 5.31.